The van der Waals surface area contributed by atoms with Gasteiger partial charge in [-0.25, -0.2) is 0 Å². The molecule has 2 aliphatic heterocycles. The summed E-state index contributed by atoms with van der Waals surface area (Å²) in [7, 11) is -2.14. The fraction of sp³-hybridized carbons (Fsp3) is 0.679. The van der Waals surface area contributed by atoms with Gasteiger partial charge in [-0.15, -0.1) is 0 Å². The van der Waals surface area contributed by atoms with Gasteiger partial charge in [-0.1, -0.05) is 61.2 Å². The number of amides is 2. The van der Waals surface area contributed by atoms with E-state index in [0.717, 1.165) is 6.04 Å². The lowest BCUT2D eigenvalue weighted by Crippen LogP contribution is -2.50. The molecule has 1 aromatic carbocycles. The van der Waals surface area contributed by atoms with E-state index in [4.69, 9.17) is 13.9 Å². The van der Waals surface area contributed by atoms with Crippen LogP contribution in [0.3, 0.4) is 0 Å². The molecule has 0 aliphatic carbocycles. The Balaban J connectivity index is 2.13. The molecule has 0 radical (unpaired) electrons. The molecule has 0 spiro atoms. The van der Waals surface area contributed by atoms with E-state index < -0.39 is 22.4 Å². The Morgan fingerprint density at radius 3 is 2.08 bits per heavy atom. The molecule has 0 bridgehead atoms. The standard InChI is InChI=1S/C28H46N2O6Si2/c1-18(2)38(19(3)4,20(5)6)36-26-15-23-22(14-25(26)34-7)27(32)29-16-21(31)13-24(29)28(33)30(23)17-35-11-12-37(8,9)10/h14-15,18-20,24H,11-13,16-17H2,1-10H3/t24-/m0/s1. The quantitative estimate of drug-likeness (QED) is 0.254. The number of nitrogens with zero attached hydrogens (tertiary/aromatic N) is 2. The molecule has 10 heteroatoms. The lowest BCUT2D eigenvalue weighted by Gasteiger charge is -2.42. The van der Waals surface area contributed by atoms with E-state index in [1.807, 2.05) is 0 Å². The highest BCUT2D eigenvalue weighted by Crippen LogP contribution is 2.47. The van der Waals surface area contributed by atoms with Gasteiger partial charge in [0, 0.05) is 27.2 Å². The highest BCUT2D eigenvalue weighted by atomic mass is 28.4. The van der Waals surface area contributed by atoms with E-state index in [2.05, 4.69) is 61.2 Å². The Kier molecular flexibility index (Phi) is 9.20. The number of carbonyl (C=O) groups excluding carboxylic acids is 3. The van der Waals surface area contributed by atoms with Crippen LogP contribution < -0.4 is 14.1 Å². The van der Waals surface area contributed by atoms with E-state index in [1.165, 1.54) is 9.80 Å². The molecule has 0 N–H and O–H groups in total. The first kappa shape index (κ1) is 30.4. The normalized spacial score (nSPS) is 18.4. The number of ether oxygens (including phenoxy) is 2. The molecule has 1 aromatic rings. The summed E-state index contributed by atoms with van der Waals surface area (Å²) in [5.41, 5.74) is 1.74. The largest absolute Gasteiger partial charge is 0.540 e. The first-order valence-corrected chi connectivity index (χ1v) is 19.6. The molecule has 212 valence electrons. The van der Waals surface area contributed by atoms with Gasteiger partial charge >= 0.3 is 0 Å². The lowest BCUT2D eigenvalue weighted by atomic mass is 10.1. The number of rotatable bonds is 11. The van der Waals surface area contributed by atoms with Crippen molar-refractivity contribution in [1.29, 1.82) is 0 Å². The van der Waals surface area contributed by atoms with Gasteiger partial charge in [-0.3, -0.25) is 19.3 Å². The van der Waals surface area contributed by atoms with Crippen LogP contribution in [0.15, 0.2) is 12.1 Å². The van der Waals surface area contributed by atoms with Crippen LogP contribution in [0.2, 0.25) is 42.3 Å². The maximum absolute atomic E-state index is 13.8. The van der Waals surface area contributed by atoms with Crippen molar-refractivity contribution in [3.05, 3.63) is 17.7 Å². The van der Waals surface area contributed by atoms with Crippen molar-refractivity contribution in [3.8, 4) is 11.5 Å². The number of fused-ring (bicyclic) bond motifs is 2. The second kappa shape index (κ2) is 11.5. The van der Waals surface area contributed by atoms with Crippen molar-refractivity contribution >= 4 is 39.7 Å². The van der Waals surface area contributed by atoms with Crippen molar-refractivity contribution in [3.63, 3.8) is 0 Å². The predicted molar refractivity (Wildman–Crippen MR) is 156 cm³/mol. The number of carbonyl (C=O) groups is 3. The van der Waals surface area contributed by atoms with Gasteiger partial charge in [0.05, 0.1) is 24.9 Å². The van der Waals surface area contributed by atoms with Crippen molar-refractivity contribution in [2.75, 3.05) is 31.9 Å². The van der Waals surface area contributed by atoms with Crippen LogP contribution in [0.5, 0.6) is 11.5 Å². The smallest absolute Gasteiger partial charge is 0.258 e. The molecule has 3 rings (SSSR count). The van der Waals surface area contributed by atoms with Gasteiger partial charge in [-0.2, -0.15) is 0 Å². The molecular weight excluding hydrogens is 516 g/mol. The third-order valence-electron chi connectivity index (χ3n) is 7.97. The van der Waals surface area contributed by atoms with Crippen molar-refractivity contribution in [2.45, 2.75) is 96.3 Å². The van der Waals surface area contributed by atoms with Crippen LogP contribution in [0.4, 0.5) is 5.69 Å². The molecule has 0 aromatic heterocycles. The summed E-state index contributed by atoms with van der Waals surface area (Å²) in [6.45, 7) is 20.5. The topological polar surface area (TPSA) is 85.4 Å². The van der Waals surface area contributed by atoms with Crippen LogP contribution in [0, 0.1) is 0 Å². The summed E-state index contributed by atoms with van der Waals surface area (Å²) >= 11 is 0. The Hall–Kier alpha value is -2.18. The highest BCUT2D eigenvalue weighted by molar-refractivity contribution is 6.78. The Labute approximate surface area is 230 Å². The van der Waals surface area contributed by atoms with Gasteiger partial charge in [0.1, 0.15) is 18.5 Å². The lowest BCUT2D eigenvalue weighted by molar-refractivity contribution is -0.124. The van der Waals surface area contributed by atoms with Gasteiger partial charge in [0.15, 0.2) is 11.5 Å². The minimum Gasteiger partial charge on any atom is -0.540 e. The molecule has 38 heavy (non-hydrogen) atoms. The number of Topliss-reactive ketones (excluding diaryl/α,β-unsaturated/α-hetero) is 1. The average Bonchev–Trinajstić information content (AvgIpc) is 3.18. The number of methoxy groups -OCH3 is 1. The third-order valence-corrected chi connectivity index (χ3v) is 15.7. The molecular formula is C28H46N2O6Si2. The molecule has 1 atom stereocenters. The maximum Gasteiger partial charge on any atom is 0.258 e. The number of hydrogen-bond acceptors (Lipinski definition) is 6. The summed E-state index contributed by atoms with van der Waals surface area (Å²) in [5, 5.41) is 0. The minimum absolute atomic E-state index is 0.00893. The maximum atomic E-state index is 13.8. The van der Waals surface area contributed by atoms with Crippen LogP contribution in [0.25, 0.3) is 0 Å². The molecule has 2 amide bonds. The Morgan fingerprint density at radius 1 is 0.947 bits per heavy atom. The monoisotopic (exact) mass is 562 g/mol. The fourth-order valence-corrected chi connectivity index (χ4v) is 12.0. The van der Waals surface area contributed by atoms with E-state index in [-0.39, 0.29) is 37.3 Å². The summed E-state index contributed by atoms with van der Waals surface area (Å²) in [6.07, 6.45) is 0.0224. The minimum atomic E-state index is -2.36. The van der Waals surface area contributed by atoms with Gasteiger partial charge < -0.3 is 18.8 Å². The van der Waals surface area contributed by atoms with E-state index in [0.29, 0.717) is 46.0 Å². The number of anilines is 1. The number of benzene rings is 1. The zero-order chi connectivity index (χ0) is 28.6. The molecule has 1 fully saturated rings. The first-order chi connectivity index (χ1) is 17.6. The van der Waals surface area contributed by atoms with E-state index in [9.17, 15) is 14.4 Å². The van der Waals surface area contributed by atoms with Gasteiger partial charge in [-0.05, 0) is 28.7 Å². The highest BCUT2D eigenvalue weighted by Gasteiger charge is 2.49. The van der Waals surface area contributed by atoms with Crippen molar-refractivity contribution in [2.24, 2.45) is 0 Å². The molecule has 8 nitrogen and oxygen atoms in total. The number of hydrogen-bond donors (Lipinski definition) is 0. The summed E-state index contributed by atoms with van der Waals surface area (Å²) < 4.78 is 18.7. The summed E-state index contributed by atoms with van der Waals surface area (Å²) in [5.74, 6) is 0.228. The fourth-order valence-electron chi connectivity index (χ4n) is 5.97. The van der Waals surface area contributed by atoms with Crippen molar-refractivity contribution < 1.29 is 28.3 Å². The van der Waals surface area contributed by atoms with E-state index in [1.54, 1.807) is 19.2 Å². The molecule has 0 saturated carbocycles. The Morgan fingerprint density at radius 2 is 1.55 bits per heavy atom. The van der Waals surface area contributed by atoms with Gasteiger partial charge in [0.2, 0.25) is 0 Å². The molecule has 1 saturated heterocycles. The van der Waals surface area contributed by atoms with Crippen LogP contribution >= 0.6 is 0 Å². The SMILES string of the molecule is COc1cc2c(cc1O[Si](C(C)C)(C(C)C)C(C)C)N(COCC[Si](C)(C)C)C(=O)[C@@H]1CC(=O)CN1C2=O. The Bertz CT molecular complexity index is 1040. The zero-order valence-corrected chi connectivity index (χ0v) is 26.8. The van der Waals surface area contributed by atoms with Crippen molar-refractivity contribution in [1.82, 2.24) is 4.90 Å². The molecule has 2 aliphatic rings. The number of ketones is 1. The third kappa shape index (κ3) is 5.87. The average molecular weight is 563 g/mol. The summed E-state index contributed by atoms with van der Waals surface area (Å²) in [6, 6.07) is 3.58. The predicted octanol–water partition coefficient (Wildman–Crippen LogP) is 5.69. The summed E-state index contributed by atoms with van der Waals surface area (Å²) in [4.78, 5) is 42.7. The molecule has 2 heterocycles. The van der Waals surface area contributed by atoms with Crippen LogP contribution in [0.1, 0.15) is 58.3 Å². The second-order valence-electron chi connectivity index (χ2n) is 12.7. The van der Waals surface area contributed by atoms with Crippen LogP contribution in [-0.4, -0.2) is 71.9 Å². The van der Waals surface area contributed by atoms with E-state index >= 15 is 0 Å². The van der Waals surface area contributed by atoms with Gasteiger partial charge in [0.25, 0.3) is 20.1 Å². The molecule has 0 unspecified atom stereocenters. The second-order valence-corrected chi connectivity index (χ2v) is 23.7. The zero-order valence-electron chi connectivity index (χ0n) is 24.8. The van der Waals surface area contributed by atoms with Crippen LogP contribution in [-0.2, 0) is 14.3 Å². The first-order valence-electron chi connectivity index (χ1n) is 13.8.